The van der Waals surface area contributed by atoms with Crippen LogP contribution in [0.15, 0.2) is 24.3 Å². The first-order chi connectivity index (χ1) is 9.55. The van der Waals surface area contributed by atoms with Crippen molar-refractivity contribution in [3.05, 3.63) is 30.1 Å². The summed E-state index contributed by atoms with van der Waals surface area (Å²) >= 11 is 0. The molecule has 1 aromatic rings. The second kappa shape index (κ2) is 7.85. The largest absolute Gasteiger partial charge is 0.396 e. The van der Waals surface area contributed by atoms with Gasteiger partial charge in [-0.15, -0.1) is 0 Å². The van der Waals surface area contributed by atoms with Gasteiger partial charge in [0.15, 0.2) is 0 Å². The van der Waals surface area contributed by atoms with Gasteiger partial charge in [0.2, 0.25) is 0 Å². The van der Waals surface area contributed by atoms with Gasteiger partial charge in [0.25, 0.3) is 0 Å². The fourth-order valence-corrected chi connectivity index (χ4v) is 2.19. The molecule has 20 heavy (non-hydrogen) atoms. The Bertz CT molecular complexity index is 434. The fourth-order valence-electron chi connectivity index (χ4n) is 2.19. The van der Waals surface area contributed by atoms with E-state index in [0.29, 0.717) is 18.7 Å². The minimum absolute atomic E-state index is 0.0893. The minimum atomic E-state index is -0.389. The number of rotatable bonds is 7. The van der Waals surface area contributed by atoms with Crippen LogP contribution in [0.2, 0.25) is 0 Å². The van der Waals surface area contributed by atoms with Crippen LogP contribution in [0.4, 0.5) is 14.9 Å². The van der Waals surface area contributed by atoms with E-state index in [0.717, 1.165) is 12.8 Å². The third-order valence-corrected chi connectivity index (χ3v) is 3.85. The minimum Gasteiger partial charge on any atom is -0.396 e. The summed E-state index contributed by atoms with van der Waals surface area (Å²) < 4.78 is 13.0. The highest BCUT2D eigenvalue weighted by atomic mass is 19.1. The van der Waals surface area contributed by atoms with Gasteiger partial charge in [0.05, 0.1) is 0 Å². The number of hydrogen-bond donors (Lipinski definition) is 3. The summed E-state index contributed by atoms with van der Waals surface area (Å²) in [7, 11) is 0. The zero-order valence-electron chi connectivity index (χ0n) is 12.1. The monoisotopic (exact) mass is 282 g/mol. The van der Waals surface area contributed by atoms with Crippen LogP contribution in [0, 0.1) is 11.2 Å². The lowest BCUT2D eigenvalue weighted by atomic mass is 9.79. The Morgan fingerprint density at radius 3 is 2.60 bits per heavy atom. The molecule has 1 rings (SSSR count). The second-order valence-electron chi connectivity index (χ2n) is 5.00. The lowest BCUT2D eigenvalue weighted by molar-refractivity contribution is 0.165. The quantitative estimate of drug-likeness (QED) is 0.719. The molecule has 0 saturated heterocycles. The number of carbonyl (C=O) groups excluding carboxylic acids is 1. The molecule has 1 aromatic carbocycles. The highest BCUT2D eigenvalue weighted by Crippen LogP contribution is 2.29. The molecule has 0 fully saturated rings. The van der Waals surface area contributed by atoms with Crippen LogP contribution in [0.1, 0.15) is 33.1 Å². The summed E-state index contributed by atoms with van der Waals surface area (Å²) in [4.78, 5) is 11.8. The van der Waals surface area contributed by atoms with Crippen LogP contribution in [0.3, 0.4) is 0 Å². The van der Waals surface area contributed by atoms with Gasteiger partial charge in [-0.3, -0.25) is 0 Å². The number of nitrogens with one attached hydrogen (secondary N) is 2. The molecule has 0 aliphatic rings. The summed E-state index contributed by atoms with van der Waals surface area (Å²) in [6.07, 6.45) is 2.41. The van der Waals surface area contributed by atoms with Gasteiger partial charge < -0.3 is 15.7 Å². The SMILES string of the molecule is CCC(CC)(CCO)CNC(=O)Nc1cccc(F)c1. The van der Waals surface area contributed by atoms with E-state index in [-0.39, 0.29) is 23.9 Å². The zero-order valence-corrected chi connectivity index (χ0v) is 12.1. The van der Waals surface area contributed by atoms with Crippen LogP contribution >= 0.6 is 0 Å². The average molecular weight is 282 g/mol. The number of anilines is 1. The standard InChI is InChI=1S/C15H23FN2O2/c1-3-15(4-2,8-9-19)11-17-14(20)18-13-7-5-6-12(16)10-13/h5-7,10,19H,3-4,8-9,11H2,1-2H3,(H2,17,18,20). The topological polar surface area (TPSA) is 61.4 Å². The molecule has 0 saturated carbocycles. The lowest BCUT2D eigenvalue weighted by Gasteiger charge is -2.31. The van der Waals surface area contributed by atoms with Gasteiger partial charge in [-0.05, 0) is 42.9 Å². The van der Waals surface area contributed by atoms with E-state index in [1.165, 1.54) is 12.1 Å². The fraction of sp³-hybridized carbons (Fsp3) is 0.533. The molecule has 0 unspecified atom stereocenters. The Labute approximate surface area is 119 Å². The van der Waals surface area contributed by atoms with Crippen molar-refractivity contribution in [1.82, 2.24) is 5.32 Å². The van der Waals surface area contributed by atoms with E-state index < -0.39 is 0 Å². The van der Waals surface area contributed by atoms with Crippen LogP contribution in [0.5, 0.6) is 0 Å². The van der Waals surface area contributed by atoms with Crippen molar-refractivity contribution in [2.24, 2.45) is 5.41 Å². The van der Waals surface area contributed by atoms with Crippen LogP contribution < -0.4 is 10.6 Å². The second-order valence-corrected chi connectivity index (χ2v) is 5.00. The van der Waals surface area contributed by atoms with Crippen molar-refractivity contribution in [3.63, 3.8) is 0 Å². The maximum absolute atomic E-state index is 13.0. The number of urea groups is 1. The molecule has 4 nitrogen and oxygen atoms in total. The number of hydrogen-bond acceptors (Lipinski definition) is 2. The first-order valence-corrected chi connectivity index (χ1v) is 6.96. The third-order valence-electron chi connectivity index (χ3n) is 3.85. The van der Waals surface area contributed by atoms with Gasteiger partial charge in [-0.1, -0.05) is 19.9 Å². The molecule has 0 aromatic heterocycles. The summed E-state index contributed by atoms with van der Waals surface area (Å²) in [5.74, 6) is -0.389. The summed E-state index contributed by atoms with van der Waals surface area (Å²) in [6.45, 7) is 4.69. The molecule has 0 heterocycles. The van der Waals surface area contributed by atoms with E-state index in [1.807, 2.05) is 13.8 Å². The van der Waals surface area contributed by atoms with E-state index in [4.69, 9.17) is 5.11 Å². The highest BCUT2D eigenvalue weighted by Gasteiger charge is 2.26. The first-order valence-electron chi connectivity index (χ1n) is 6.96. The number of benzene rings is 1. The molecular weight excluding hydrogens is 259 g/mol. The van der Waals surface area contributed by atoms with Crippen molar-refractivity contribution < 1.29 is 14.3 Å². The molecule has 0 aliphatic heterocycles. The molecule has 0 spiro atoms. The zero-order chi connectivity index (χ0) is 15.0. The molecule has 112 valence electrons. The van der Waals surface area contributed by atoms with Crippen molar-refractivity contribution in [2.75, 3.05) is 18.5 Å². The Hall–Kier alpha value is -1.62. The van der Waals surface area contributed by atoms with Gasteiger partial charge in [-0.2, -0.15) is 0 Å². The van der Waals surface area contributed by atoms with Crippen molar-refractivity contribution in [3.8, 4) is 0 Å². The van der Waals surface area contributed by atoms with E-state index in [1.54, 1.807) is 12.1 Å². The number of halogens is 1. The summed E-state index contributed by atoms with van der Waals surface area (Å²) in [5, 5.41) is 14.5. The maximum atomic E-state index is 13.0. The maximum Gasteiger partial charge on any atom is 0.319 e. The van der Waals surface area contributed by atoms with Crippen LogP contribution in [-0.4, -0.2) is 24.3 Å². The Morgan fingerprint density at radius 1 is 1.35 bits per heavy atom. The Morgan fingerprint density at radius 2 is 2.05 bits per heavy atom. The third kappa shape index (κ3) is 4.81. The van der Waals surface area contributed by atoms with Crippen molar-refractivity contribution >= 4 is 11.7 Å². The molecule has 3 N–H and O–H groups in total. The summed E-state index contributed by atoms with van der Waals surface area (Å²) in [6, 6.07) is 5.39. The van der Waals surface area contributed by atoms with Gasteiger partial charge in [0.1, 0.15) is 5.82 Å². The molecule has 0 radical (unpaired) electrons. The van der Waals surface area contributed by atoms with E-state index in [9.17, 15) is 9.18 Å². The van der Waals surface area contributed by atoms with Gasteiger partial charge in [0, 0.05) is 18.8 Å². The van der Waals surface area contributed by atoms with Crippen molar-refractivity contribution in [2.45, 2.75) is 33.1 Å². The normalized spacial score (nSPS) is 11.2. The van der Waals surface area contributed by atoms with Crippen molar-refractivity contribution in [1.29, 1.82) is 0 Å². The average Bonchev–Trinajstić information content (AvgIpc) is 2.44. The number of aliphatic hydroxyl groups is 1. The van der Waals surface area contributed by atoms with Gasteiger partial charge >= 0.3 is 6.03 Å². The van der Waals surface area contributed by atoms with Gasteiger partial charge in [-0.25, -0.2) is 9.18 Å². The summed E-state index contributed by atoms with van der Waals surface area (Å²) in [5.41, 5.74) is 0.330. The predicted molar refractivity (Wildman–Crippen MR) is 78.1 cm³/mol. The first kappa shape index (κ1) is 16.4. The van der Waals surface area contributed by atoms with E-state index in [2.05, 4.69) is 10.6 Å². The lowest BCUT2D eigenvalue weighted by Crippen LogP contribution is -2.39. The molecule has 5 heteroatoms. The molecular formula is C15H23FN2O2. The molecule has 2 amide bonds. The van der Waals surface area contributed by atoms with Crippen LogP contribution in [-0.2, 0) is 0 Å². The highest BCUT2D eigenvalue weighted by molar-refractivity contribution is 5.89. The predicted octanol–water partition coefficient (Wildman–Crippen LogP) is 3.14. The smallest absolute Gasteiger partial charge is 0.319 e. The molecule has 0 bridgehead atoms. The Balaban J connectivity index is 2.53. The van der Waals surface area contributed by atoms with Crippen LogP contribution in [0.25, 0.3) is 0 Å². The number of carbonyl (C=O) groups is 1. The number of aliphatic hydroxyl groups excluding tert-OH is 1. The molecule has 0 aliphatic carbocycles. The Kier molecular flexibility index (Phi) is 6.45. The van der Waals surface area contributed by atoms with E-state index >= 15 is 0 Å². The molecule has 0 atom stereocenters. The number of amides is 2.